The maximum atomic E-state index is 12.9. The van der Waals surface area contributed by atoms with E-state index in [9.17, 15) is 22.8 Å². The van der Waals surface area contributed by atoms with Gasteiger partial charge < -0.3 is 15.7 Å². The molecule has 2 amide bonds. The van der Waals surface area contributed by atoms with E-state index in [4.69, 9.17) is 5.11 Å². The van der Waals surface area contributed by atoms with Crippen molar-refractivity contribution in [3.63, 3.8) is 0 Å². The summed E-state index contributed by atoms with van der Waals surface area (Å²) < 4.78 is 36.7. The normalized spacial score (nSPS) is 12.1. The van der Waals surface area contributed by atoms with Crippen molar-refractivity contribution in [2.24, 2.45) is 0 Å². The molecule has 0 aliphatic carbocycles. The van der Waals surface area contributed by atoms with Crippen molar-refractivity contribution in [2.45, 2.75) is 12.5 Å². The number of amides is 2. The van der Waals surface area contributed by atoms with Gasteiger partial charge in [-0.3, -0.25) is 9.59 Å². The molecular weight excluding hydrogens is 277 g/mol. The van der Waals surface area contributed by atoms with Gasteiger partial charge in [0.05, 0.1) is 6.54 Å². The average molecular weight is 290 g/mol. The first-order valence-corrected chi connectivity index (χ1v) is 5.67. The van der Waals surface area contributed by atoms with Crippen LogP contribution in [0.5, 0.6) is 0 Å². The molecule has 0 heterocycles. The summed E-state index contributed by atoms with van der Waals surface area (Å²) in [6, 6.07) is 4.85. The van der Waals surface area contributed by atoms with Gasteiger partial charge in [-0.05, 0) is 18.2 Å². The van der Waals surface area contributed by atoms with Crippen molar-refractivity contribution in [1.29, 1.82) is 0 Å². The first-order chi connectivity index (χ1) is 9.40. The summed E-state index contributed by atoms with van der Waals surface area (Å²) >= 11 is 0. The van der Waals surface area contributed by atoms with E-state index >= 15 is 0 Å². The van der Waals surface area contributed by atoms with Crippen LogP contribution in [0.3, 0.4) is 0 Å². The van der Waals surface area contributed by atoms with Crippen molar-refractivity contribution >= 4 is 11.8 Å². The molecule has 0 saturated heterocycles. The van der Waals surface area contributed by atoms with Crippen molar-refractivity contribution in [2.75, 3.05) is 13.1 Å². The Morgan fingerprint density at radius 3 is 2.55 bits per heavy atom. The van der Waals surface area contributed by atoms with Crippen LogP contribution in [-0.2, 0) is 4.79 Å². The number of rotatable bonds is 6. The fourth-order valence-corrected chi connectivity index (χ4v) is 1.26. The number of carbonyl (C=O) groups excluding carboxylic acids is 2. The quantitative estimate of drug-likeness (QED) is 0.705. The van der Waals surface area contributed by atoms with Gasteiger partial charge in [-0.25, -0.2) is 13.2 Å². The Hall–Kier alpha value is -2.09. The van der Waals surface area contributed by atoms with E-state index in [1.54, 1.807) is 0 Å². The van der Waals surface area contributed by atoms with Gasteiger partial charge in [-0.1, -0.05) is 6.07 Å². The van der Waals surface area contributed by atoms with E-state index in [2.05, 4.69) is 5.32 Å². The van der Waals surface area contributed by atoms with Gasteiger partial charge in [0, 0.05) is 12.1 Å². The summed E-state index contributed by atoms with van der Waals surface area (Å²) in [4.78, 5) is 22.7. The predicted octanol–water partition coefficient (Wildman–Crippen LogP) is 0.298. The number of alkyl halides is 2. The number of hydrogen-bond acceptors (Lipinski definition) is 3. The Balaban J connectivity index is 2.36. The highest BCUT2D eigenvalue weighted by atomic mass is 19.3. The van der Waals surface area contributed by atoms with Gasteiger partial charge in [0.25, 0.3) is 12.3 Å². The lowest BCUT2D eigenvalue weighted by Crippen LogP contribution is -2.41. The molecular formula is C12H13F3N2O3. The minimum atomic E-state index is -2.96. The summed E-state index contributed by atoms with van der Waals surface area (Å²) in [5.41, 5.74) is 0.0328. The molecule has 110 valence electrons. The zero-order valence-corrected chi connectivity index (χ0v) is 10.3. The molecule has 20 heavy (non-hydrogen) atoms. The Morgan fingerprint density at radius 2 is 1.95 bits per heavy atom. The third-order valence-corrected chi connectivity index (χ3v) is 2.30. The monoisotopic (exact) mass is 290 g/mol. The molecule has 0 saturated carbocycles. The zero-order chi connectivity index (χ0) is 15.1. The second kappa shape index (κ2) is 7.49. The molecule has 1 aromatic rings. The number of hydrogen-bond donors (Lipinski definition) is 3. The number of benzene rings is 1. The van der Waals surface area contributed by atoms with Crippen LogP contribution in [-0.4, -0.2) is 42.5 Å². The number of aliphatic hydroxyl groups is 1. The molecule has 0 aromatic heterocycles. The van der Waals surface area contributed by atoms with Crippen LogP contribution in [0.15, 0.2) is 24.3 Å². The molecule has 3 N–H and O–H groups in total. The van der Waals surface area contributed by atoms with Crippen LogP contribution in [0.25, 0.3) is 0 Å². The summed E-state index contributed by atoms with van der Waals surface area (Å²) in [7, 11) is 0. The largest absolute Gasteiger partial charge is 0.385 e. The second-order valence-electron chi connectivity index (χ2n) is 3.90. The Morgan fingerprint density at radius 1 is 1.25 bits per heavy atom. The zero-order valence-electron chi connectivity index (χ0n) is 10.3. The molecule has 0 fully saturated rings. The van der Waals surface area contributed by atoms with Crippen molar-refractivity contribution in [3.05, 3.63) is 35.6 Å². The van der Waals surface area contributed by atoms with Gasteiger partial charge in [-0.15, -0.1) is 0 Å². The van der Waals surface area contributed by atoms with Gasteiger partial charge in [-0.2, -0.15) is 0 Å². The number of aliphatic hydroxyl groups excluding tert-OH is 1. The van der Waals surface area contributed by atoms with Crippen LogP contribution in [0, 0.1) is 5.82 Å². The van der Waals surface area contributed by atoms with Crippen molar-refractivity contribution < 1.29 is 27.9 Å². The molecule has 8 heteroatoms. The number of halogens is 3. The summed E-state index contributed by atoms with van der Waals surface area (Å²) in [5.74, 6) is -2.01. The van der Waals surface area contributed by atoms with E-state index in [0.29, 0.717) is 0 Å². The summed E-state index contributed by atoms with van der Waals surface area (Å²) in [6.45, 7) is -1.09. The average Bonchev–Trinajstić information content (AvgIpc) is 2.41. The van der Waals surface area contributed by atoms with Crippen molar-refractivity contribution in [1.82, 2.24) is 10.6 Å². The molecule has 1 atom stereocenters. The number of carbonyl (C=O) groups is 2. The van der Waals surface area contributed by atoms with Crippen molar-refractivity contribution in [3.8, 4) is 0 Å². The molecule has 0 radical (unpaired) electrons. The predicted molar refractivity (Wildman–Crippen MR) is 63.8 cm³/mol. The fourth-order valence-electron chi connectivity index (χ4n) is 1.26. The number of nitrogens with one attached hydrogen (secondary N) is 2. The molecule has 5 nitrogen and oxygen atoms in total. The standard InChI is InChI=1S/C12H13F3N2O3/c13-8-3-1-2-7(4-8)12(20)17-6-10(19)16-5-9(18)11(14)15/h1-4,9,11,18H,5-6H2,(H,16,19)(H,17,20). The third kappa shape index (κ3) is 5.27. The lowest BCUT2D eigenvalue weighted by Gasteiger charge is -2.11. The van der Waals surface area contributed by atoms with Gasteiger partial charge in [0.1, 0.15) is 11.9 Å². The minimum Gasteiger partial charge on any atom is -0.385 e. The van der Waals surface area contributed by atoms with Gasteiger partial charge >= 0.3 is 0 Å². The first kappa shape index (κ1) is 16.0. The van der Waals surface area contributed by atoms with Crippen LogP contribution in [0.4, 0.5) is 13.2 Å². The lowest BCUT2D eigenvalue weighted by molar-refractivity contribution is -0.121. The SMILES string of the molecule is O=C(CNC(=O)c1cccc(F)c1)NCC(O)C(F)F. The molecule has 0 aliphatic rings. The molecule has 1 rings (SSSR count). The van der Waals surface area contributed by atoms with E-state index in [0.717, 1.165) is 12.1 Å². The molecule has 0 aliphatic heterocycles. The Labute approximate surface area is 112 Å². The van der Waals surface area contributed by atoms with E-state index in [1.165, 1.54) is 12.1 Å². The van der Waals surface area contributed by atoms with Crippen LogP contribution < -0.4 is 10.6 Å². The van der Waals surface area contributed by atoms with Gasteiger partial charge in [0.2, 0.25) is 5.91 Å². The maximum absolute atomic E-state index is 12.9. The molecule has 0 bridgehead atoms. The molecule has 0 spiro atoms. The fraction of sp³-hybridized carbons (Fsp3) is 0.333. The molecule has 1 unspecified atom stereocenters. The minimum absolute atomic E-state index is 0.0328. The lowest BCUT2D eigenvalue weighted by atomic mass is 10.2. The summed E-state index contributed by atoms with van der Waals surface area (Å²) in [6.07, 6.45) is -4.92. The smallest absolute Gasteiger partial charge is 0.265 e. The molecule has 1 aromatic carbocycles. The van der Waals surface area contributed by atoms with Gasteiger partial charge in [0.15, 0.2) is 0 Å². The Kier molecular flexibility index (Phi) is 5.98. The third-order valence-electron chi connectivity index (χ3n) is 2.30. The van der Waals surface area contributed by atoms with Crippen LogP contribution >= 0.6 is 0 Å². The highest BCUT2D eigenvalue weighted by Crippen LogP contribution is 2.02. The maximum Gasteiger partial charge on any atom is 0.265 e. The van der Waals surface area contributed by atoms with E-state index in [1.807, 2.05) is 5.32 Å². The highest BCUT2D eigenvalue weighted by molar-refractivity contribution is 5.96. The topological polar surface area (TPSA) is 78.4 Å². The van der Waals surface area contributed by atoms with Crippen LogP contribution in [0.1, 0.15) is 10.4 Å². The highest BCUT2D eigenvalue weighted by Gasteiger charge is 2.17. The second-order valence-corrected chi connectivity index (χ2v) is 3.90. The van der Waals surface area contributed by atoms with E-state index < -0.39 is 43.3 Å². The summed E-state index contributed by atoms with van der Waals surface area (Å²) in [5, 5.41) is 13.0. The first-order valence-electron chi connectivity index (χ1n) is 5.67. The van der Waals surface area contributed by atoms with E-state index in [-0.39, 0.29) is 5.56 Å². The Bertz CT molecular complexity index is 483. The van der Waals surface area contributed by atoms with Crippen LogP contribution in [0.2, 0.25) is 0 Å².